The van der Waals surface area contributed by atoms with E-state index in [1.54, 1.807) is 0 Å². The number of hydrogen-bond acceptors (Lipinski definition) is 7. The first-order valence-electron chi connectivity index (χ1n) is 10.0. The minimum atomic E-state index is -0.129. The van der Waals surface area contributed by atoms with Crippen molar-refractivity contribution in [3.63, 3.8) is 0 Å². The second-order valence-corrected chi connectivity index (χ2v) is 7.90. The summed E-state index contributed by atoms with van der Waals surface area (Å²) < 4.78 is 0. The molecular formula is C24H22N6OS. The number of nitrogens with one attached hydrogen (secondary N) is 3. The van der Waals surface area contributed by atoms with Gasteiger partial charge in [0.1, 0.15) is 0 Å². The van der Waals surface area contributed by atoms with E-state index in [1.165, 1.54) is 11.8 Å². The Bertz CT molecular complexity index is 1130. The number of para-hydroxylation sites is 2. The highest BCUT2D eigenvalue weighted by Crippen LogP contribution is 2.22. The summed E-state index contributed by atoms with van der Waals surface area (Å²) in [5.41, 5.74) is 3.57. The second kappa shape index (κ2) is 10.4. The van der Waals surface area contributed by atoms with E-state index in [2.05, 4.69) is 30.9 Å². The number of carbonyl (C=O) groups excluding carboxylic acids is 1. The van der Waals surface area contributed by atoms with Crippen molar-refractivity contribution in [3.8, 4) is 0 Å². The number of amides is 1. The molecule has 0 radical (unpaired) electrons. The van der Waals surface area contributed by atoms with Crippen LogP contribution in [0.15, 0.2) is 90.1 Å². The number of benzene rings is 3. The second-order valence-electron chi connectivity index (χ2n) is 6.95. The lowest BCUT2D eigenvalue weighted by Gasteiger charge is -2.10. The van der Waals surface area contributed by atoms with Gasteiger partial charge < -0.3 is 16.0 Å². The molecule has 0 bridgehead atoms. The maximum atomic E-state index is 12.4. The lowest BCUT2D eigenvalue weighted by molar-refractivity contribution is -0.113. The zero-order chi connectivity index (χ0) is 22.2. The van der Waals surface area contributed by atoms with Crippen LogP contribution in [0.25, 0.3) is 0 Å². The molecule has 1 amide bonds. The van der Waals surface area contributed by atoms with Crippen molar-refractivity contribution < 1.29 is 4.79 Å². The highest BCUT2D eigenvalue weighted by Gasteiger charge is 2.11. The number of aromatic nitrogens is 3. The number of nitrogens with zero attached hydrogens (tertiary/aromatic N) is 3. The number of aryl methyl sites for hydroxylation is 1. The fourth-order valence-electron chi connectivity index (χ4n) is 2.88. The lowest BCUT2D eigenvalue weighted by Crippen LogP contribution is -2.14. The Balaban J connectivity index is 1.49. The van der Waals surface area contributed by atoms with Crippen LogP contribution in [0.3, 0.4) is 0 Å². The first-order valence-corrected chi connectivity index (χ1v) is 11.0. The third-order valence-electron chi connectivity index (χ3n) is 4.31. The van der Waals surface area contributed by atoms with Crippen LogP contribution in [0, 0.1) is 6.92 Å². The van der Waals surface area contributed by atoms with E-state index in [0.29, 0.717) is 17.1 Å². The molecule has 0 saturated carbocycles. The van der Waals surface area contributed by atoms with Gasteiger partial charge in [-0.05, 0) is 48.9 Å². The van der Waals surface area contributed by atoms with Gasteiger partial charge >= 0.3 is 0 Å². The van der Waals surface area contributed by atoms with Gasteiger partial charge in [-0.25, -0.2) is 0 Å². The molecule has 0 aliphatic carbocycles. The molecule has 7 nitrogen and oxygen atoms in total. The van der Waals surface area contributed by atoms with Crippen LogP contribution in [-0.2, 0) is 4.79 Å². The van der Waals surface area contributed by atoms with Crippen molar-refractivity contribution >= 4 is 46.6 Å². The topological polar surface area (TPSA) is 91.8 Å². The smallest absolute Gasteiger partial charge is 0.234 e. The summed E-state index contributed by atoms with van der Waals surface area (Å²) in [5.74, 6) is 0.835. The molecule has 0 spiro atoms. The Kier molecular flexibility index (Phi) is 6.94. The Hall–Kier alpha value is -3.91. The molecule has 32 heavy (non-hydrogen) atoms. The molecule has 0 saturated heterocycles. The third-order valence-corrected chi connectivity index (χ3v) is 5.16. The van der Waals surface area contributed by atoms with Crippen LogP contribution >= 0.6 is 11.8 Å². The Morgan fingerprint density at radius 3 is 1.88 bits per heavy atom. The van der Waals surface area contributed by atoms with E-state index >= 15 is 0 Å². The summed E-state index contributed by atoms with van der Waals surface area (Å²) in [5, 5.41) is 9.72. The highest BCUT2D eigenvalue weighted by molar-refractivity contribution is 7.99. The van der Waals surface area contributed by atoms with Crippen molar-refractivity contribution in [3.05, 3.63) is 90.5 Å². The van der Waals surface area contributed by atoms with E-state index in [4.69, 9.17) is 0 Å². The number of thioether (sulfide) groups is 1. The minimum absolute atomic E-state index is 0.129. The predicted molar refractivity (Wildman–Crippen MR) is 130 cm³/mol. The molecule has 4 rings (SSSR count). The first kappa shape index (κ1) is 21.3. The van der Waals surface area contributed by atoms with E-state index in [1.807, 2.05) is 91.9 Å². The van der Waals surface area contributed by atoms with Gasteiger partial charge in [0.2, 0.25) is 17.8 Å². The van der Waals surface area contributed by atoms with E-state index < -0.39 is 0 Å². The lowest BCUT2D eigenvalue weighted by atomic mass is 10.2. The molecule has 160 valence electrons. The molecule has 0 unspecified atom stereocenters. The Morgan fingerprint density at radius 1 is 0.750 bits per heavy atom. The number of carbonyl (C=O) groups is 1. The largest absolute Gasteiger partial charge is 0.325 e. The van der Waals surface area contributed by atoms with Crippen LogP contribution in [0.5, 0.6) is 0 Å². The van der Waals surface area contributed by atoms with Gasteiger partial charge in [-0.2, -0.15) is 15.0 Å². The van der Waals surface area contributed by atoms with E-state index in [-0.39, 0.29) is 11.7 Å². The number of anilines is 5. The van der Waals surface area contributed by atoms with Crippen molar-refractivity contribution in [2.45, 2.75) is 12.1 Å². The van der Waals surface area contributed by atoms with Crippen LogP contribution in [0.2, 0.25) is 0 Å². The van der Waals surface area contributed by atoms with Gasteiger partial charge in [-0.3, -0.25) is 4.79 Å². The average molecular weight is 443 g/mol. The Labute approximate surface area is 190 Å². The van der Waals surface area contributed by atoms with Crippen molar-refractivity contribution in [2.24, 2.45) is 0 Å². The maximum Gasteiger partial charge on any atom is 0.234 e. The van der Waals surface area contributed by atoms with Gasteiger partial charge in [-0.15, -0.1) is 0 Å². The maximum absolute atomic E-state index is 12.4. The van der Waals surface area contributed by atoms with Crippen LogP contribution < -0.4 is 16.0 Å². The highest BCUT2D eigenvalue weighted by atomic mass is 32.2. The summed E-state index contributed by atoms with van der Waals surface area (Å²) >= 11 is 1.25. The van der Waals surface area contributed by atoms with Crippen molar-refractivity contribution in [1.82, 2.24) is 15.0 Å². The third kappa shape index (κ3) is 6.29. The molecule has 0 fully saturated rings. The summed E-state index contributed by atoms with van der Waals surface area (Å²) in [6.45, 7) is 1.98. The van der Waals surface area contributed by atoms with Crippen LogP contribution in [0.4, 0.5) is 29.0 Å². The predicted octanol–water partition coefficient (Wildman–Crippen LogP) is 5.40. The molecule has 0 aliphatic rings. The van der Waals surface area contributed by atoms with E-state index in [0.717, 1.165) is 22.6 Å². The molecule has 1 heterocycles. The number of hydrogen-bond donors (Lipinski definition) is 3. The minimum Gasteiger partial charge on any atom is -0.325 e. The normalized spacial score (nSPS) is 10.4. The number of rotatable bonds is 8. The van der Waals surface area contributed by atoms with Crippen LogP contribution in [0.1, 0.15) is 5.56 Å². The fraction of sp³-hybridized carbons (Fsp3) is 0.0833. The quantitative estimate of drug-likeness (QED) is 0.315. The van der Waals surface area contributed by atoms with Gasteiger partial charge in [0, 0.05) is 17.1 Å². The molecule has 3 N–H and O–H groups in total. The van der Waals surface area contributed by atoms with Crippen LogP contribution in [-0.4, -0.2) is 26.6 Å². The Morgan fingerprint density at radius 2 is 1.31 bits per heavy atom. The van der Waals surface area contributed by atoms with Gasteiger partial charge in [0.05, 0.1) is 5.75 Å². The molecule has 8 heteroatoms. The van der Waals surface area contributed by atoms with Gasteiger partial charge in [0.25, 0.3) is 0 Å². The molecule has 3 aromatic carbocycles. The average Bonchev–Trinajstić information content (AvgIpc) is 2.79. The SMILES string of the molecule is Cc1cccc(NC(=O)CSc2nc(Nc3ccccc3)nc(Nc3ccccc3)n2)c1. The molecular weight excluding hydrogens is 420 g/mol. The first-order chi connectivity index (χ1) is 15.6. The van der Waals surface area contributed by atoms with Crippen molar-refractivity contribution in [2.75, 3.05) is 21.7 Å². The van der Waals surface area contributed by atoms with E-state index in [9.17, 15) is 4.79 Å². The van der Waals surface area contributed by atoms with Gasteiger partial charge in [0.15, 0.2) is 5.16 Å². The zero-order valence-electron chi connectivity index (χ0n) is 17.4. The monoisotopic (exact) mass is 442 g/mol. The standard InChI is InChI=1S/C24H22N6OS/c1-17-9-8-14-20(15-17)25-21(31)16-32-24-29-22(26-18-10-4-2-5-11-18)28-23(30-24)27-19-12-6-3-7-13-19/h2-15H,16H2,1H3,(H,25,31)(H2,26,27,28,29,30). The molecule has 0 atom stereocenters. The summed E-state index contributed by atoms with van der Waals surface area (Å²) in [6, 6.07) is 27.0. The summed E-state index contributed by atoms with van der Waals surface area (Å²) in [6.07, 6.45) is 0. The summed E-state index contributed by atoms with van der Waals surface area (Å²) in [7, 11) is 0. The summed E-state index contributed by atoms with van der Waals surface area (Å²) in [4.78, 5) is 25.8. The fourth-order valence-corrected chi connectivity index (χ4v) is 3.52. The van der Waals surface area contributed by atoms with Crippen molar-refractivity contribution in [1.29, 1.82) is 0 Å². The van der Waals surface area contributed by atoms with Gasteiger partial charge in [-0.1, -0.05) is 60.3 Å². The molecule has 1 aromatic heterocycles. The zero-order valence-corrected chi connectivity index (χ0v) is 18.3. The molecule has 0 aliphatic heterocycles. The molecule has 4 aromatic rings.